The summed E-state index contributed by atoms with van der Waals surface area (Å²) in [7, 11) is 0. The predicted octanol–water partition coefficient (Wildman–Crippen LogP) is 1.16. The van der Waals surface area contributed by atoms with E-state index in [0.717, 1.165) is 50.8 Å². The molecule has 0 radical (unpaired) electrons. The fourth-order valence-corrected chi connectivity index (χ4v) is 2.10. The number of nitrogens with zero attached hydrogens (tertiary/aromatic N) is 1. The van der Waals surface area contributed by atoms with Gasteiger partial charge in [-0.3, -0.25) is 4.90 Å². The largest absolute Gasteiger partial charge is 0.494 e. The summed E-state index contributed by atoms with van der Waals surface area (Å²) in [4.78, 5) is 2.40. The minimum Gasteiger partial charge on any atom is -0.494 e. The van der Waals surface area contributed by atoms with Crippen LogP contribution in [0.2, 0.25) is 0 Å². The van der Waals surface area contributed by atoms with Crippen LogP contribution >= 0.6 is 0 Å². The Hall–Kier alpha value is -1.30. The van der Waals surface area contributed by atoms with Crippen molar-refractivity contribution in [3.63, 3.8) is 0 Å². The first-order chi connectivity index (χ1) is 9.88. The van der Waals surface area contributed by atoms with Crippen molar-refractivity contribution < 1.29 is 19.3 Å². The van der Waals surface area contributed by atoms with Gasteiger partial charge < -0.3 is 19.3 Å². The van der Waals surface area contributed by atoms with Crippen molar-refractivity contribution in [1.82, 2.24) is 4.90 Å². The molecule has 0 atom stereocenters. The van der Waals surface area contributed by atoms with Crippen LogP contribution in [0, 0.1) is 0 Å². The highest BCUT2D eigenvalue weighted by Crippen LogP contribution is 2.17. The maximum absolute atomic E-state index is 8.67. The van der Waals surface area contributed by atoms with E-state index in [9.17, 15) is 0 Å². The Balaban J connectivity index is 1.61. The molecule has 1 aromatic rings. The number of aliphatic hydroxyl groups is 1. The van der Waals surface area contributed by atoms with E-state index in [2.05, 4.69) is 4.90 Å². The monoisotopic (exact) mass is 281 g/mol. The standard InChI is InChI=1S/C15H23NO4/c17-9-13-20-15-4-2-14(3-5-15)19-10-1-6-16-7-11-18-12-8-16/h2-5,17H,1,6-13H2. The van der Waals surface area contributed by atoms with Gasteiger partial charge in [0.15, 0.2) is 0 Å². The van der Waals surface area contributed by atoms with Gasteiger partial charge in [-0.15, -0.1) is 0 Å². The first kappa shape index (κ1) is 15.1. The molecule has 1 N–H and O–H groups in total. The van der Waals surface area contributed by atoms with Crippen molar-refractivity contribution in [2.75, 3.05) is 52.7 Å². The second-order valence-electron chi connectivity index (χ2n) is 4.70. The number of aliphatic hydroxyl groups excluding tert-OH is 1. The molecule has 0 unspecified atom stereocenters. The van der Waals surface area contributed by atoms with Gasteiger partial charge in [0.1, 0.15) is 18.1 Å². The Labute approximate surface area is 120 Å². The summed E-state index contributed by atoms with van der Waals surface area (Å²) in [6.07, 6.45) is 1.02. The lowest BCUT2D eigenvalue weighted by Crippen LogP contribution is -2.37. The maximum atomic E-state index is 8.67. The molecule has 1 saturated heterocycles. The van der Waals surface area contributed by atoms with Gasteiger partial charge in [0, 0.05) is 19.6 Å². The molecule has 112 valence electrons. The molecule has 0 spiro atoms. The summed E-state index contributed by atoms with van der Waals surface area (Å²) in [6, 6.07) is 7.49. The van der Waals surface area contributed by atoms with Crippen LogP contribution in [0.3, 0.4) is 0 Å². The Kier molecular flexibility index (Phi) is 6.63. The van der Waals surface area contributed by atoms with E-state index < -0.39 is 0 Å². The number of hydrogen-bond acceptors (Lipinski definition) is 5. The number of morpholine rings is 1. The normalized spacial score (nSPS) is 16.1. The molecule has 0 saturated carbocycles. The van der Waals surface area contributed by atoms with E-state index in [4.69, 9.17) is 19.3 Å². The van der Waals surface area contributed by atoms with E-state index >= 15 is 0 Å². The van der Waals surface area contributed by atoms with Crippen molar-refractivity contribution in [3.05, 3.63) is 24.3 Å². The summed E-state index contributed by atoms with van der Waals surface area (Å²) in [5, 5.41) is 8.67. The maximum Gasteiger partial charge on any atom is 0.119 e. The lowest BCUT2D eigenvalue weighted by molar-refractivity contribution is 0.0358. The van der Waals surface area contributed by atoms with Crippen LogP contribution in [0.5, 0.6) is 11.5 Å². The fourth-order valence-electron chi connectivity index (χ4n) is 2.10. The number of rotatable bonds is 8. The van der Waals surface area contributed by atoms with Crippen molar-refractivity contribution in [3.8, 4) is 11.5 Å². The molecule has 0 amide bonds. The van der Waals surface area contributed by atoms with E-state index in [1.807, 2.05) is 24.3 Å². The molecule has 1 aromatic carbocycles. The molecule has 0 bridgehead atoms. The molecular formula is C15H23NO4. The molecule has 1 aliphatic rings. The van der Waals surface area contributed by atoms with E-state index in [-0.39, 0.29) is 6.61 Å². The fraction of sp³-hybridized carbons (Fsp3) is 0.600. The average Bonchev–Trinajstić information content (AvgIpc) is 2.52. The van der Waals surface area contributed by atoms with Crippen molar-refractivity contribution in [1.29, 1.82) is 0 Å². The lowest BCUT2D eigenvalue weighted by atomic mass is 10.3. The smallest absolute Gasteiger partial charge is 0.119 e. The summed E-state index contributed by atoms with van der Waals surface area (Å²) in [5.41, 5.74) is 0. The summed E-state index contributed by atoms with van der Waals surface area (Å²) < 4.78 is 16.3. The van der Waals surface area contributed by atoms with Gasteiger partial charge in [-0.25, -0.2) is 0 Å². The van der Waals surface area contributed by atoms with Gasteiger partial charge in [0.05, 0.1) is 26.4 Å². The summed E-state index contributed by atoms with van der Waals surface area (Å²) in [6.45, 7) is 5.86. The molecule has 1 heterocycles. The summed E-state index contributed by atoms with van der Waals surface area (Å²) >= 11 is 0. The molecule has 5 heteroatoms. The molecule has 2 rings (SSSR count). The van der Waals surface area contributed by atoms with Crippen LogP contribution < -0.4 is 9.47 Å². The second kappa shape index (κ2) is 8.79. The zero-order chi connectivity index (χ0) is 14.0. The van der Waals surface area contributed by atoms with E-state index in [0.29, 0.717) is 13.2 Å². The lowest BCUT2D eigenvalue weighted by Gasteiger charge is -2.26. The van der Waals surface area contributed by atoms with Gasteiger partial charge in [-0.1, -0.05) is 0 Å². The second-order valence-corrected chi connectivity index (χ2v) is 4.70. The van der Waals surface area contributed by atoms with Crippen LogP contribution in [0.15, 0.2) is 24.3 Å². The number of benzene rings is 1. The minimum atomic E-state index is 0.0276. The van der Waals surface area contributed by atoms with Gasteiger partial charge in [-0.05, 0) is 30.7 Å². The molecular weight excluding hydrogens is 258 g/mol. The Bertz CT molecular complexity index is 363. The van der Waals surface area contributed by atoms with Crippen LogP contribution in [-0.4, -0.2) is 62.7 Å². The molecule has 1 fully saturated rings. The summed E-state index contributed by atoms with van der Waals surface area (Å²) in [5.74, 6) is 1.60. The Morgan fingerprint density at radius 2 is 1.60 bits per heavy atom. The number of ether oxygens (including phenoxy) is 3. The van der Waals surface area contributed by atoms with E-state index in [1.165, 1.54) is 0 Å². The zero-order valence-electron chi connectivity index (χ0n) is 11.8. The molecule has 0 aliphatic carbocycles. The SMILES string of the molecule is OCCOc1ccc(OCCCN2CCOCC2)cc1. The van der Waals surface area contributed by atoms with E-state index in [1.54, 1.807) is 0 Å². The molecule has 5 nitrogen and oxygen atoms in total. The van der Waals surface area contributed by atoms with Gasteiger partial charge in [-0.2, -0.15) is 0 Å². The van der Waals surface area contributed by atoms with Gasteiger partial charge >= 0.3 is 0 Å². The highest BCUT2D eigenvalue weighted by Gasteiger charge is 2.09. The Morgan fingerprint density at radius 3 is 2.20 bits per heavy atom. The van der Waals surface area contributed by atoms with Gasteiger partial charge in [0.2, 0.25) is 0 Å². The van der Waals surface area contributed by atoms with Crippen LogP contribution in [0.25, 0.3) is 0 Å². The third kappa shape index (κ3) is 5.36. The van der Waals surface area contributed by atoms with Gasteiger partial charge in [0.25, 0.3) is 0 Å². The third-order valence-corrected chi connectivity index (χ3v) is 3.17. The Morgan fingerprint density at radius 1 is 1.00 bits per heavy atom. The van der Waals surface area contributed by atoms with Crippen molar-refractivity contribution >= 4 is 0 Å². The topological polar surface area (TPSA) is 51.2 Å². The molecule has 0 aromatic heterocycles. The van der Waals surface area contributed by atoms with Crippen LogP contribution in [0.4, 0.5) is 0 Å². The molecule has 1 aliphatic heterocycles. The number of hydrogen-bond donors (Lipinski definition) is 1. The van der Waals surface area contributed by atoms with Crippen LogP contribution in [0.1, 0.15) is 6.42 Å². The third-order valence-electron chi connectivity index (χ3n) is 3.17. The highest BCUT2D eigenvalue weighted by molar-refractivity contribution is 5.31. The highest BCUT2D eigenvalue weighted by atomic mass is 16.5. The molecule has 20 heavy (non-hydrogen) atoms. The first-order valence-corrected chi connectivity index (χ1v) is 7.15. The predicted molar refractivity (Wildman–Crippen MR) is 76.4 cm³/mol. The van der Waals surface area contributed by atoms with Crippen LogP contribution in [-0.2, 0) is 4.74 Å². The average molecular weight is 281 g/mol. The zero-order valence-corrected chi connectivity index (χ0v) is 11.8. The van der Waals surface area contributed by atoms with Crippen molar-refractivity contribution in [2.24, 2.45) is 0 Å². The quantitative estimate of drug-likeness (QED) is 0.725. The first-order valence-electron chi connectivity index (χ1n) is 7.15. The van der Waals surface area contributed by atoms with Crippen molar-refractivity contribution in [2.45, 2.75) is 6.42 Å². The minimum absolute atomic E-state index is 0.0276.